The summed E-state index contributed by atoms with van der Waals surface area (Å²) in [6.07, 6.45) is -1.43. The Balaban J connectivity index is 1.77. The summed E-state index contributed by atoms with van der Waals surface area (Å²) in [6.45, 7) is 7.62. The van der Waals surface area contributed by atoms with Gasteiger partial charge in [0.05, 0.1) is 18.9 Å². The molecule has 172 valence electrons. The van der Waals surface area contributed by atoms with Crippen LogP contribution < -0.4 is 15.0 Å². The third kappa shape index (κ3) is 6.20. The number of rotatable bonds is 6. The molecule has 0 fully saturated rings. The summed E-state index contributed by atoms with van der Waals surface area (Å²) < 4.78 is 30.9. The number of hydrogen-bond donors (Lipinski definition) is 1. The van der Waals surface area contributed by atoms with Crippen molar-refractivity contribution < 1.29 is 28.2 Å². The molecular weight excluding hydrogens is 415 g/mol. The molecule has 0 unspecified atom stereocenters. The predicted octanol–water partition coefficient (Wildman–Crippen LogP) is 4.05. The van der Waals surface area contributed by atoms with Gasteiger partial charge in [-0.15, -0.1) is 0 Å². The van der Waals surface area contributed by atoms with Gasteiger partial charge in [-0.25, -0.2) is 9.18 Å². The van der Waals surface area contributed by atoms with E-state index in [9.17, 15) is 14.0 Å². The van der Waals surface area contributed by atoms with Crippen molar-refractivity contribution in [3.8, 4) is 5.75 Å². The maximum Gasteiger partial charge on any atom is 0.408 e. The standard InChI is InChI=1S/C24H29FN2O5/c1-16-21(26-23(29)32-24(2,3)4)22(28)27(19-14-18(25)10-11-20(19)31-16)12-13-30-15-17-8-6-5-7-9-17/h5-11,14,16,21H,12-13,15H2,1-4H3,(H,26,29)/t16-,21+/m1/s1. The lowest BCUT2D eigenvalue weighted by molar-refractivity contribution is -0.122. The van der Waals surface area contributed by atoms with E-state index in [4.69, 9.17) is 14.2 Å². The van der Waals surface area contributed by atoms with E-state index in [1.165, 1.54) is 23.1 Å². The first-order valence-electron chi connectivity index (χ1n) is 10.5. The monoisotopic (exact) mass is 444 g/mol. The molecule has 1 heterocycles. The number of amides is 2. The van der Waals surface area contributed by atoms with Crippen molar-refractivity contribution in [1.29, 1.82) is 0 Å². The number of benzene rings is 2. The van der Waals surface area contributed by atoms with Crippen LogP contribution in [0.25, 0.3) is 0 Å². The molecule has 0 spiro atoms. The molecule has 0 saturated heterocycles. The molecule has 0 aromatic heterocycles. The second-order valence-electron chi connectivity index (χ2n) is 8.59. The van der Waals surface area contributed by atoms with E-state index in [0.29, 0.717) is 18.0 Å². The third-order valence-corrected chi connectivity index (χ3v) is 4.77. The molecule has 0 radical (unpaired) electrons. The lowest BCUT2D eigenvalue weighted by atomic mass is 10.1. The average Bonchev–Trinajstić information content (AvgIpc) is 2.80. The van der Waals surface area contributed by atoms with Crippen LogP contribution in [0.1, 0.15) is 33.3 Å². The van der Waals surface area contributed by atoms with E-state index < -0.39 is 35.6 Å². The van der Waals surface area contributed by atoms with Crippen LogP contribution in [-0.2, 0) is 20.9 Å². The fourth-order valence-corrected chi connectivity index (χ4v) is 3.32. The smallest absolute Gasteiger partial charge is 0.408 e. The normalized spacial score (nSPS) is 18.4. The van der Waals surface area contributed by atoms with Gasteiger partial charge in [0.15, 0.2) is 0 Å². The van der Waals surface area contributed by atoms with E-state index in [-0.39, 0.29) is 13.2 Å². The van der Waals surface area contributed by atoms with Crippen molar-refractivity contribution in [1.82, 2.24) is 5.32 Å². The molecule has 1 aliphatic heterocycles. The summed E-state index contributed by atoms with van der Waals surface area (Å²) in [7, 11) is 0. The van der Waals surface area contributed by atoms with Crippen LogP contribution in [0.3, 0.4) is 0 Å². The van der Waals surface area contributed by atoms with E-state index in [2.05, 4.69) is 5.32 Å². The zero-order valence-electron chi connectivity index (χ0n) is 18.8. The van der Waals surface area contributed by atoms with Crippen molar-refractivity contribution >= 4 is 17.7 Å². The summed E-state index contributed by atoms with van der Waals surface area (Å²) in [4.78, 5) is 27.1. The highest BCUT2D eigenvalue weighted by Crippen LogP contribution is 2.34. The fourth-order valence-electron chi connectivity index (χ4n) is 3.32. The average molecular weight is 445 g/mol. The van der Waals surface area contributed by atoms with Crippen LogP contribution in [-0.4, -0.2) is 42.9 Å². The highest BCUT2D eigenvalue weighted by Gasteiger charge is 2.38. The van der Waals surface area contributed by atoms with Crippen LogP contribution in [0.5, 0.6) is 5.75 Å². The second-order valence-corrected chi connectivity index (χ2v) is 8.59. The number of carbonyl (C=O) groups is 2. The number of ether oxygens (including phenoxy) is 3. The number of alkyl carbamates (subject to hydrolysis) is 1. The molecule has 1 aliphatic rings. The Labute approximate surface area is 187 Å². The van der Waals surface area contributed by atoms with Crippen LogP contribution in [0.4, 0.5) is 14.9 Å². The Morgan fingerprint density at radius 2 is 1.91 bits per heavy atom. The van der Waals surface area contributed by atoms with Gasteiger partial charge in [0, 0.05) is 12.6 Å². The maximum absolute atomic E-state index is 14.0. The first-order chi connectivity index (χ1) is 15.1. The van der Waals surface area contributed by atoms with Gasteiger partial charge in [-0.05, 0) is 45.4 Å². The van der Waals surface area contributed by atoms with Gasteiger partial charge in [0.25, 0.3) is 5.91 Å². The molecular formula is C24H29FN2O5. The number of fused-ring (bicyclic) bond motifs is 1. The van der Waals surface area contributed by atoms with Crippen LogP contribution >= 0.6 is 0 Å². The van der Waals surface area contributed by atoms with Gasteiger partial charge in [-0.2, -0.15) is 0 Å². The van der Waals surface area contributed by atoms with E-state index in [1.54, 1.807) is 27.7 Å². The Hall–Kier alpha value is -3.13. The Kier molecular flexibility index (Phi) is 7.35. The summed E-state index contributed by atoms with van der Waals surface area (Å²) in [6, 6.07) is 12.6. The highest BCUT2D eigenvalue weighted by atomic mass is 19.1. The van der Waals surface area contributed by atoms with E-state index in [0.717, 1.165) is 5.56 Å². The van der Waals surface area contributed by atoms with Gasteiger partial charge in [-0.1, -0.05) is 30.3 Å². The van der Waals surface area contributed by atoms with Crippen molar-refractivity contribution in [3.05, 3.63) is 59.9 Å². The Morgan fingerprint density at radius 1 is 1.19 bits per heavy atom. The van der Waals surface area contributed by atoms with Gasteiger partial charge in [0.1, 0.15) is 29.3 Å². The van der Waals surface area contributed by atoms with Gasteiger partial charge in [0.2, 0.25) is 0 Å². The van der Waals surface area contributed by atoms with Crippen LogP contribution in [0, 0.1) is 5.82 Å². The first kappa shape index (κ1) is 23.5. The largest absolute Gasteiger partial charge is 0.486 e. The topological polar surface area (TPSA) is 77.1 Å². The molecule has 0 aliphatic carbocycles. The van der Waals surface area contributed by atoms with Crippen molar-refractivity contribution in [2.75, 3.05) is 18.1 Å². The Morgan fingerprint density at radius 3 is 2.59 bits per heavy atom. The first-order valence-corrected chi connectivity index (χ1v) is 10.5. The lowest BCUT2D eigenvalue weighted by Crippen LogP contribution is -2.55. The highest BCUT2D eigenvalue weighted by molar-refractivity contribution is 6.01. The summed E-state index contributed by atoms with van der Waals surface area (Å²) in [5.74, 6) is -0.582. The minimum Gasteiger partial charge on any atom is -0.486 e. The summed E-state index contributed by atoms with van der Waals surface area (Å²) in [5.41, 5.74) is 0.570. The molecule has 3 rings (SSSR count). The van der Waals surface area contributed by atoms with Crippen LogP contribution in [0.2, 0.25) is 0 Å². The summed E-state index contributed by atoms with van der Waals surface area (Å²) in [5, 5.41) is 2.60. The molecule has 2 aromatic rings. The predicted molar refractivity (Wildman–Crippen MR) is 118 cm³/mol. The molecule has 2 atom stereocenters. The number of anilines is 1. The molecule has 2 aromatic carbocycles. The number of carbonyl (C=O) groups excluding carboxylic acids is 2. The summed E-state index contributed by atoms with van der Waals surface area (Å²) >= 11 is 0. The number of nitrogens with one attached hydrogen (secondary N) is 1. The molecule has 7 nitrogen and oxygen atoms in total. The van der Waals surface area contributed by atoms with E-state index in [1.807, 2.05) is 30.3 Å². The fraction of sp³-hybridized carbons (Fsp3) is 0.417. The molecule has 2 amide bonds. The van der Waals surface area contributed by atoms with Gasteiger partial charge in [-0.3, -0.25) is 4.79 Å². The molecule has 1 N–H and O–H groups in total. The van der Waals surface area contributed by atoms with Crippen molar-refractivity contribution in [2.45, 2.75) is 52.0 Å². The zero-order valence-corrected chi connectivity index (χ0v) is 18.8. The van der Waals surface area contributed by atoms with Crippen LogP contribution in [0.15, 0.2) is 48.5 Å². The molecule has 32 heavy (non-hydrogen) atoms. The quantitative estimate of drug-likeness (QED) is 0.681. The lowest BCUT2D eigenvalue weighted by Gasteiger charge is -2.27. The third-order valence-electron chi connectivity index (χ3n) is 4.77. The van der Waals surface area contributed by atoms with Crippen molar-refractivity contribution in [3.63, 3.8) is 0 Å². The maximum atomic E-state index is 14.0. The van der Waals surface area contributed by atoms with Gasteiger partial charge < -0.3 is 24.4 Å². The number of halogens is 1. The SMILES string of the molecule is C[C@H]1Oc2ccc(F)cc2N(CCOCc2ccccc2)C(=O)[C@H]1NC(=O)OC(C)(C)C. The zero-order chi connectivity index (χ0) is 23.3. The molecule has 0 saturated carbocycles. The number of nitrogens with zero attached hydrogens (tertiary/aromatic N) is 1. The minimum absolute atomic E-state index is 0.157. The molecule has 0 bridgehead atoms. The molecule has 8 heteroatoms. The van der Waals surface area contributed by atoms with Crippen molar-refractivity contribution in [2.24, 2.45) is 0 Å². The number of hydrogen-bond acceptors (Lipinski definition) is 5. The second kappa shape index (κ2) is 9.99. The van der Waals surface area contributed by atoms with E-state index >= 15 is 0 Å². The van der Waals surface area contributed by atoms with Gasteiger partial charge >= 0.3 is 6.09 Å². The Bertz CT molecular complexity index is 945. The minimum atomic E-state index is -1.02.